The summed E-state index contributed by atoms with van der Waals surface area (Å²) < 4.78 is 1.91. The van der Waals surface area contributed by atoms with Crippen molar-refractivity contribution in [3.05, 3.63) is 174 Å². The van der Waals surface area contributed by atoms with Crippen molar-refractivity contribution in [3.63, 3.8) is 0 Å². The molecule has 0 radical (unpaired) electrons. The summed E-state index contributed by atoms with van der Waals surface area (Å²) in [4.78, 5) is 73.8. The normalized spacial score (nSPS) is 11.3. The van der Waals surface area contributed by atoms with E-state index in [1.807, 2.05) is 24.3 Å². The van der Waals surface area contributed by atoms with Gasteiger partial charge >= 0.3 is 56.5 Å². The Balaban J connectivity index is 0.000000265. The van der Waals surface area contributed by atoms with E-state index in [2.05, 4.69) is 112 Å². The van der Waals surface area contributed by atoms with E-state index in [4.69, 9.17) is 10.8 Å². The number of carboxylic acid groups (broad SMARTS) is 1. The second-order valence-corrected chi connectivity index (χ2v) is 30.5. The van der Waals surface area contributed by atoms with E-state index in [9.17, 15) is 49.2 Å². The van der Waals surface area contributed by atoms with Crippen molar-refractivity contribution in [3.8, 4) is 23.0 Å². The predicted octanol–water partition coefficient (Wildman–Crippen LogP) is 8.66. The van der Waals surface area contributed by atoms with Gasteiger partial charge in [-0.15, -0.1) is 24.0 Å². The number of aromatic carboxylic acids is 1. The monoisotopic (exact) mass is 1650 g/mol. The first-order valence-corrected chi connectivity index (χ1v) is 37.3. The van der Waals surface area contributed by atoms with Crippen LogP contribution in [0.25, 0.3) is 0 Å². The molecule has 13 nitrogen and oxygen atoms in total. The van der Waals surface area contributed by atoms with E-state index in [0.29, 0.717) is 18.9 Å². The molecule has 0 unspecified atom stereocenters. The van der Waals surface area contributed by atoms with Crippen molar-refractivity contribution in [1.29, 1.82) is 0 Å². The maximum absolute atomic E-state index is 12.8. The molecule has 0 fully saturated rings. The Bertz CT molecular complexity index is 2720. The zero-order valence-electron chi connectivity index (χ0n) is 31.2. The molecule has 6 aromatic carbocycles. The number of hydrogen-bond acceptors (Lipinski definition) is 11. The molecule has 1 amide bonds. The Kier molecular flexibility index (Phi) is 21.9. The van der Waals surface area contributed by atoms with Gasteiger partial charge in [-0.3, -0.25) is 24.0 Å². The molecule has 0 aromatic heterocycles. The number of carbonyl (C=O) groups is 6. The zero-order valence-corrected chi connectivity index (χ0v) is 47.5. The summed E-state index contributed by atoms with van der Waals surface area (Å²) in [6.45, 7) is 0. The van der Waals surface area contributed by atoms with Crippen LogP contribution in [-0.4, -0.2) is 60.5 Å². The van der Waals surface area contributed by atoms with E-state index >= 15 is 0 Å². The molecule has 2 aliphatic rings. The number of amides is 1. The van der Waals surface area contributed by atoms with Crippen molar-refractivity contribution in [2.45, 2.75) is 0 Å². The number of carbonyl (C=O) groups excluding carboxylic acids is 5. The van der Waals surface area contributed by atoms with Crippen LogP contribution in [0.4, 0.5) is 11.4 Å². The molecule has 63 heavy (non-hydrogen) atoms. The predicted molar refractivity (Wildman–Crippen MR) is 285 cm³/mol. The van der Waals surface area contributed by atoms with Gasteiger partial charge in [0.25, 0.3) is 5.91 Å². The van der Waals surface area contributed by atoms with Gasteiger partial charge in [-0.05, 0) is 84.9 Å². The van der Waals surface area contributed by atoms with Gasteiger partial charge in [0, 0.05) is 85.4 Å². The number of nitrogens with one attached hydrogen (secondary N) is 1. The van der Waals surface area contributed by atoms with Gasteiger partial charge in [0.2, 0.25) is 11.6 Å². The fourth-order valence-corrected chi connectivity index (χ4v) is 6.55. The van der Waals surface area contributed by atoms with Gasteiger partial charge in [0.1, 0.15) is 23.0 Å². The van der Waals surface area contributed by atoms with Crippen LogP contribution >= 0.6 is 130 Å². The van der Waals surface area contributed by atoms with Gasteiger partial charge in [-0.25, -0.2) is 4.79 Å². The molecule has 21 heteroatoms. The van der Waals surface area contributed by atoms with E-state index in [1.54, 1.807) is 24.3 Å². The van der Waals surface area contributed by atoms with Crippen molar-refractivity contribution < 1.29 is 67.6 Å². The number of anilines is 2. The summed E-state index contributed by atoms with van der Waals surface area (Å²) in [5.74, 6) is -6.20. The summed E-state index contributed by atoms with van der Waals surface area (Å²) in [6.07, 6.45) is 0. The topological polar surface area (TPSA) is 242 Å². The number of fused-ring (bicyclic) bond motifs is 4. The summed E-state index contributed by atoms with van der Waals surface area (Å²) in [5, 5.41) is 51.6. The first-order chi connectivity index (χ1) is 29.5. The van der Waals surface area contributed by atoms with E-state index in [0.717, 1.165) is 32.8 Å². The smallest absolute Gasteiger partial charge is 0.335 e. The van der Waals surface area contributed by atoms with Gasteiger partial charge in [0.05, 0.1) is 27.8 Å². The number of rotatable bonds is 3. The molecule has 8 N–H and O–H groups in total. The van der Waals surface area contributed by atoms with Crippen LogP contribution in [0.1, 0.15) is 84.4 Å². The number of nitrogen functional groups attached to an aromatic ring is 1. The fraction of sp³-hybridized carbons (Fsp3) is 0. The Morgan fingerprint density at radius 3 is 1.30 bits per heavy atom. The zero-order chi connectivity index (χ0) is 46.0. The average Bonchev–Trinajstić information content (AvgIpc) is 3.24. The molecule has 0 atom stereocenters. The minimum Gasteiger partial charge on any atom is -0.507 e. The Hall–Kier alpha value is -2.72. The summed E-state index contributed by atoms with van der Waals surface area (Å²) in [6, 6.07) is 27.0. The molecule has 8 rings (SSSR count). The first kappa shape index (κ1) is 54.6. The number of phenolic OH excluding ortho intramolecular Hbond substituents is 4. The standard InChI is InChI=1S/C21H12BrNO5.C15H8O6.C6H6BrN.I3.I2.HI/c22-11-4-6-12(7-5-11)23-21(28)10-8-14-18(16(25)9-10)20(27)17-13(19(14)26)2-1-3-15(17)24;16-9-3-1-2-7-11(9)14(19)12-8(13(7)18)4-6(15(20)21)5-10(12)17;7-5-1-3-6(8)4-2-5;1-3-2;1-2;/h1-9,24-25H,(H,23,28);1-5,16-17H,(H,20,21);1-4H,8H2;;;1H/q;;;-1;;. The number of hydrogen-bond donors (Lipinski definition) is 7. The molecule has 0 heterocycles. The summed E-state index contributed by atoms with van der Waals surface area (Å²) >= 11 is 16.1. The third kappa shape index (κ3) is 13.2. The van der Waals surface area contributed by atoms with Gasteiger partial charge < -0.3 is 36.6 Å². The van der Waals surface area contributed by atoms with Crippen molar-refractivity contribution in [2.75, 3.05) is 11.1 Å². The Labute approximate surface area is 445 Å². The molecule has 0 aliphatic heterocycles. The SMILES string of the molecule is I.II.I[I-]I.Nc1ccc(Br)cc1.O=C(Nc1ccc(Br)cc1)c1cc(O)c2c(c1)C(=O)c1cccc(O)c1C2=O.O=C(O)c1cc(O)c2c(c1)C(=O)c1cccc(O)c1C2=O. The van der Waals surface area contributed by atoms with Crippen LogP contribution < -0.4 is 24.3 Å². The molecular formula is C42H27Br2I6N2O11-. The average molecular weight is 1660 g/mol. The molecule has 0 spiro atoms. The fourth-order valence-electron chi connectivity index (χ4n) is 6.02. The van der Waals surface area contributed by atoms with E-state index < -0.39 is 46.5 Å². The third-order valence-corrected chi connectivity index (χ3v) is 9.75. The molecule has 328 valence electrons. The second-order valence-electron chi connectivity index (χ2n) is 12.4. The molecule has 0 saturated heterocycles. The first-order valence-electron chi connectivity index (χ1n) is 16.9. The van der Waals surface area contributed by atoms with Crippen LogP contribution in [-0.2, 0) is 0 Å². The summed E-state index contributed by atoms with van der Waals surface area (Å²) in [7, 11) is 0. The molecular weight excluding hydrogens is 1630 g/mol. The molecule has 0 bridgehead atoms. The number of halogens is 8. The second kappa shape index (κ2) is 25.3. The number of ketones is 4. The minimum atomic E-state index is -1.32. The van der Waals surface area contributed by atoms with Crippen molar-refractivity contribution in [2.24, 2.45) is 0 Å². The molecule has 0 saturated carbocycles. The Morgan fingerprint density at radius 2 is 0.905 bits per heavy atom. The van der Waals surface area contributed by atoms with E-state index in [1.165, 1.54) is 42.5 Å². The van der Waals surface area contributed by atoms with Crippen LogP contribution in [0.15, 0.2) is 118 Å². The third-order valence-electron chi connectivity index (χ3n) is 8.69. The van der Waals surface area contributed by atoms with Gasteiger partial charge in [0.15, 0.2) is 11.6 Å². The van der Waals surface area contributed by atoms with Crippen LogP contribution in [0.3, 0.4) is 0 Å². The quantitative estimate of drug-likeness (QED) is 0.0650. The maximum atomic E-state index is 12.8. The molecule has 2 aliphatic carbocycles. The molecule has 6 aromatic rings. The van der Waals surface area contributed by atoms with Crippen LogP contribution in [0.5, 0.6) is 23.0 Å². The van der Waals surface area contributed by atoms with E-state index in [-0.39, 0.29) is 91.1 Å². The number of nitrogens with two attached hydrogens (primary N) is 1. The van der Waals surface area contributed by atoms with Crippen LogP contribution in [0.2, 0.25) is 0 Å². The Morgan fingerprint density at radius 1 is 0.540 bits per heavy atom. The minimum absolute atomic E-state index is 0. The number of carboxylic acids is 1. The van der Waals surface area contributed by atoms with Crippen molar-refractivity contribution in [1.82, 2.24) is 0 Å². The van der Waals surface area contributed by atoms with Gasteiger partial charge in [-0.2, -0.15) is 0 Å². The maximum Gasteiger partial charge on any atom is 0.335 e. The summed E-state index contributed by atoms with van der Waals surface area (Å²) in [5.41, 5.74) is 5.37. The van der Waals surface area contributed by atoms with Crippen LogP contribution in [0, 0.1) is 0 Å². The number of phenols is 4. The van der Waals surface area contributed by atoms with Gasteiger partial charge in [-0.1, -0.05) is 56.1 Å². The number of benzene rings is 6. The largest absolute Gasteiger partial charge is 0.507 e. The number of aromatic hydroxyl groups is 4. The van der Waals surface area contributed by atoms with Crippen molar-refractivity contribution >= 4 is 177 Å².